The predicted molar refractivity (Wildman–Crippen MR) is 168 cm³/mol. The summed E-state index contributed by atoms with van der Waals surface area (Å²) in [4.78, 5) is 11.8. The van der Waals surface area contributed by atoms with Crippen LogP contribution in [0.2, 0.25) is 0 Å². The van der Waals surface area contributed by atoms with Gasteiger partial charge in [-0.2, -0.15) is 0 Å². The highest BCUT2D eigenvalue weighted by Gasteiger charge is 2.26. The van der Waals surface area contributed by atoms with Crippen molar-refractivity contribution in [3.63, 3.8) is 0 Å². The average Bonchev–Trinajstić information content (AvgIpc) is 3.46. The largest absolute Gasteiger partial charge is 0.457 e. The van der Waals surface area contributed by atoms with Gasteiger partial charge in [0.05, 0.1) is 11.4 Å². The molecule has 2 aromatic heterocycles. The lowest BCUT2D eigenvalue weighted by Gasteiger charge is -2.31. The van der Waals surface area contributed by atoms with Crippen molar-refractivity contribution in [2.45, 2.75) is 32.9 Å². The highest BCUT2D eigenvalue weighted by Crippen LogP contribution is 2.41. The monoisotopic (exact) mass is 549 g/mol. The van der Waals surface area contributed by atoms with Crippen LogP contribution in [0.1, 0.15) is 26.3 Å². The molecule has 0 fully saturated rings. The number of pyridine rings is 1. The second-order valence-corrected chi connectivity index (χ2v) is 11.5. The molecular formula is C36H31N5O. The second-order valence-electron chi connectivity index (χ2n) is 11.5. The van der Waals surface area contributed by atoms with Crippen LogP contribution < -0.4 is 9.64 Å². The minimum Gasteiger partial charge on any atom is -0.457 e. The van der Waals surface area contributed by atoms with Crippen molar-refractivity contribution in [2.75, 3.05) is 4.90 Å². The summed E-state index contributed by atoms with van der Waals surface area (Å²) >= 11 is 0. The zero-order valence-corrected chi connectivity index (χ0v) is 23.9. The molecule has 0 aliphatic carbocycles. The van der Waals surface area contributed by atoms with Crippen LogP contribution in [0.5, 0.6) is 11.5 Å². The number of benzene rings is 4. The lowest BCUT2D eigenvalue weighted by Crippen LogP contribution is -2.27. The van der Waals surface area contributed by atoms with Crippen molar-refractivity contribution in [2.24, 2.45) is 0 Å². The highest BCUT2D eigenvalue weighted by molar-refractivity contribution is 5.82. The molecular weight excluding hydrogens is 518 g/mol. The Balaban J connectivity index is 1.19. The van der Waals surface area contributed by atoms with E-state index in [0.29, 0.717) is 6.67 Å². The third-order valence-corrected chi connectivity index (χ3v) is 7.54. The van der Waals surface area contributed by atoms with Crippen molar-refractivity contribution < 1.29 is 4.74 Å². The van der Waals surface area contributed by atoms with Gasteiger partial charge in [-0.3, -0.25) is 4.98 Å². The van der Waals surface area contributed by atoms with Gasteiger partial charge in [-0.15, -0.1) is 5.10 Å². The second kappa shape index (κ2) is 10.3. The number of para-hydroxylation sites is 1. The molecule has 1 aliphatic rings. The Labute approximate surface area is 245 Å². The fourth-order valence-electron chi connectivity index (χ4n) is 5.30. The summed E-state index contributed by atoms with van der Waals surface area (Å²) in [5, 5.41) is 4.87. The van der Waals surface area contributed by atoms with E-state index in [1.54, 1.807) is 0 Å². The van der Waals surface area contributed by atoms with Gasteiger partial charge in [0.25, 0.3) is 0 Å². The summed E-state index contributed by atoms with van der Waals surface area (Å²) in [5.41, 5.74) is 7.40. The normalized spacial score (nSPS) is 12.5. The minimum absolute atomic E-state index is 0.0510. The number of aromatic nitrogens is 4. The van der Waals surface area contributed by atoms with Crippen molar-refractivity contribution in [3.8, 4) is 45.5 Å². The van der Waals surface area contributed by atoms with Gasteiger partial charge in [-0.05, 0) is 59.5 Å². The Morgan fingerprint density at radius 3 is 2.29 bits per heavy atom. The highest BCUT2D eigenvalue weighted by atomic mass is 16.5. The molecule has 0 atom stereocenters. The molecule has 6 nitrogen and oxygen atoms in total. The molecule has 0 N–H and O–H groups in total. The van der Waals surface area contributed by atoms with Crippen LogP contribution in [0.4, 0.5) is 11.4 Å². The zero-order chi connectivity index (χ0) is 28.7. The first-order valence-corrected chi connectivity index (χ1v) is 14.1. The van der Waals surface area contributed by atoms with Crippen LogP contribution in [0.3, 0.4) is 0 Å². The van der Waals surface area contributed by atoms with Gasteiger partial charge < -0.3 is 9.64 Å². The molecule has 3 heterocycles. The molecule has 4 aromatic carbocycles. The Morgan fingerprint density at radius 1 is 0.714 bits per heavy atom. The summed E-state index contributed by atoms with van der Waals surface area (Å²) in [6.45, 7) is 7.18. The van der Waals surface area contributed by atoms with Crippen molar-refractivity contribution >= 4 is 11.4 Å². The Hall–Kier alpha value is -5.23. The van der Waals surface area contributed by atoms with E-state index in [2.05, 4.69) is 79.2 Å². The number of nitrogens with zero attached hydrogens (tertiary/aromatic N) is 5. The first-order valence-electron chi connectivity index (χ1n) is 14.1. The van der Waals surface area contributed by atoms with Gasteiger partial charge >= 0.3 is 0 Å². The summed E-state index contributed by atoms with van der Waals surface area (Å²) in [6.07, 6.45) is 1.88. The summed E-state index contributed by atoms with van der Waals surface area (Å²) in [7, 11) is 0. The average molecular weight is 550 g/mol. The Bertz CT molecular complexity index is 1890. The van der Waals surface area contributed by atoms with E-state index in [0.717, 1.165) is 56.9 Å². The number of fused-ring (bicyclic) bond motifs is 3. The molecule has 0 spiro atoms. The van der Waals surface area contributed by atoms with E-state index in [1.165, 1.54) is 5.56 Å². The molecule has 1 aliphatic heterocycles. The number of ether oxygens (including phenoxy) is 1. The SMILES string of the molecule is CC(C)(C)c1ccnc(-c2cccc(Oc3cccc(N4Cn5nc(-c6ccccc6)nc5-c5ccccc54)c3)c2)c1. The number of rotatable bonds is 5. The van der Waals surface area contributed by atoms with E-state index in [9.17, 15) is 0 Å². The molecule has 0 saturated heterocycles. The summed E-state index contributed by atoms with van der Waals surface area (Å²) < 4.78 is 8.37. The third kappa shape index (κ3) is 4.92. The number of anilines is 2. The first kappa shape index (κ1) is 25.7. The Kier molecular flexibility index (Phi) is 6.31. The standard InChI is InChI=1S/C36H31N5O/c1-36(2,3)27-19-20-37-32(22-27)26-13-9-15-29(21-26)42-30-16-10-14-28(23-30)40-24-41-35(31-17-7-8-18-33(31)40)38-34(39-41)25-11-5-4-6-12-25/h4-23H,24H2,1-3H3. The molecule has 0 bridgehead atoms. The molecule has 7 rings (SSSR count). The maximum Gasteiger partial charge on any atom is 0.181 e. The van der Waals surface area contributed by atoms with E-state index in [1.807, 2.05) is 77.6 Å². The Morgan fingerprint density at radius 2 is 1.45 bits per heavy atom. The van der Waals surface area contributed by atoms with E-state index in [-0.39, 0.29) is 5.41 Å². The molecule has 42 heavy (non-hydrogen) atoms. The van der Waals surface area contributed by atoms with Crippen LogP contribution in [-0.4, -0.2) is 19.7 Å². The molecule has 0 radical (unpaired) electrons. The van der Waals surface area contributed by atoms with Crippen LogP contribution in [-0.2, 0) is 12.1 Å². The van der Waals surface area contributed by atoms with Crippen LogP contribution in [0, 0.1) is 0 Å². The van der Waals surface area contributed by atoms with E-state index in [4.69, 9.17) is 14.8 Å². The maximum atomic E-state index is 6.40. The molecule has 6 heteroatoms. The van der Waals surface area contributed by atoms with Crippen LogP contribution in [0.15, 0.2) is 121 Å². The lowest BCUT2D eigenvalue weighted by molar-refractivity contribution is 0.482. The first-order chi connectivity index (χ1) is 20.4. The summed E-state index contributed by atoms with van der Waals surface area (Å²) in [6, 6.07) is 39.0. The smallest absolute Gasteiger partial charge is 0.181 e. The van der Waals surface area contributed by atoms with Gasteiger partial charge in [0.1, 0.15) is 18.2 Å². The molecule has 206 valence electrons. The van der Waals surface area contributed by atoms with Gasteiger partial charge in [0.2, 0.25) is 0 Å². The topological polar surface area (TPSA) is 56.1 Å². The lowest BCUT2D eigenvalue weighted by atomic mass is 9.87. The van der Waals surface area contributed by atoms with Crippen LogP contribution in [0.25, 0.3) is 34.0 Å². The number of hydrogen-bond donors (Lipinski definition) is 0. The van der Waals surface area contributed by atoms with Gasteiger partial charge in [-0.25, -0.2) is 9.67 Å². The summed E-state index contributed by atoms with van der Waals surface area (Å²) in [5.74, 6) is 3.11. The molecule has 0 saturated carbocycles. The fourth-order valence-corrected chi connectivity index (χ4v) is 5.30. The maximum absolute atomic E-state index is 6.40. The van der Waals surface area contributed by atoms with E-state index >= 15 is 0 Å². The number of hydrogen-bond acceptors (Lipinski definition) is 5. The quantitative estimate of drug-likeness (QED) is 0.215. The molecule has 0 unspecified atom stereocenters. The van der Waals surface area contributed by atoms with E-state index < -0.39 is 0 Å². The van der Waals surface area contributed by atoms with Crippen LogP contribution >= 0.6 is 0 Å². The minimum atomic E-state index is 0.0510. The van der Waals surface area contributed by atoms with Gasteiger partial charge in [-0.1, -0.05) is 81.4 Å². The van der Waals surface area contributed by atoms with Gasteiger partial charge in [0.15, 0.2) is 11.6 Å². The molecule has 6 aromatic rings. The fraction of sp³-hybridized carbons (Fsp3) is 0.139. The van der Waals surface area contributed by atoms with Crippen molar-refractivity contribution in [3.05, 3.63) is 127 Å². The zero-order valence-electron chi connectivity index (χ0n) is 23.9. The van der Waals surface area contributed by atoms with Crippen molar-refractivity contribution in [1.82, 2.24) is 19.7 Å². The third-order valence-electron chi connectivity index (χ3n) is 7.54. The van der Waals surface area contributed by atoms with Gasteiger partial charge in [0, 0.05) is 34.6 Å². The van der Waals surface area contributed by atoms with Crippen molar-refractivity contribution in [1.29, 1.82) is 0 Å². The predicted octanol–water partition coefficient (Wildman–Crippen LogP) is 8.87. The molecule has 0 amide bonds.